The summed E-state index contributed by atoms with van der Waals surface area (Å²) in [7, 11) is 0. The Bertz CT molecular complexity index is 1020. The summed E-state index contributed by atoms with van der Waals surface area (Å²) in [4.78, 5) is 23.1. The predicted octanol–water partition coefficient (Wildman–Crippen LogP) is 4.67. The molecule has 0 bridgehead atoms. The molecule has 3 rings (SSSR count). The Kier molecular flexibility index (Phi) is 7.43. The summed E-state index contributed by atoms with van der Waals surface area (Å²) >= 11 is 6.42. The van der Waals surface area contributed by atoms with Gasteiger partial charge >= 0.3 is 0 Å². The maximum atomic E-state index is 12.4. The van der Waals surface area contributed by atoms with E-state index in [1.54, 1.807) is 18.2 Å². The third-order valence-corrected chi connectivity index (χ3v) is 4.92. The fourth-order valence-corrected chi connectivity index (χ4v) is 3.53. The minimum absolute atomic E-state index is 0.0724. The summed E-state index contributed by atoms with van der Waals surface area (Å²) in [5.41, 5.74) is 8.66. The Hall–Kier alpha value is -2.90. The topological polar surface area (TPSA) is 96.2 Å². The fourth-order valence-electron chi connectivity index (χ4n) is 3.30. The number of amides is 1. The van der Waals surface area contributed by atoms with Gasteiger partial charge in [0.1, 0.15) is 12.1 Å². The molecule has 0 radical (unpaired) electrons. The van der Waals surface area contributed by atoms with Crippen molar-refractivity contribution in [3.63, 3.8) is 0 Å². The van der Waals surface area contributed by atoms with Gasteiger partial charge in [-0.1, -0.05) is 25.4 Å². The number of nitrogens with one attached hydrogen (secondary N) is 2. The lowest BCUT2D eigenvalue weighted by Crippen LogP contribution is -2.34. The van der Waals surface area contributed by atoms with Crippen LogP contribution in [0.15, 0.2) is 42.7 Å². The lowest BCUT2D eigenvalue weighted by Gasteiger charge is -2.20. The summed E-state index contributed by atoms with van der Waals surface area (Å²) in [5.74, 6) is 0.562. The van der Waals surface area contributed by atoms with Crippen molar-refractivity contribution in [2.24, 2.45) is 0 Å². The first kappa shape index (κ1) is 21.8. The highest BCUT2D eigenvalue weighted by Gasteiger charge is 2.12. The molecule has 0 unspecified atom stereocenters. The fraction of sp³-hybridized carbons (Fsp3) is 0.318. The number of anilines is 4. The molecule has 8 heteroatoms. The van der Waals surface area contributed by atoms with Crippen LogP contribution in [0.1, 0.15) is 26.7 Å². The summed E-state index contributed by atoms with van der Waals surface area (Å²) in [6, 6.07) is 10.9. The molecule has 1 amide bonds. The predicted molar refractivity (Wildman–Crippen MR) is 124 cm³/mol. The van der Waals surface area contributed by atoms with E-state index in [2.05, 4.69) is 39.3 Å². The molecule has 4 N–H and O–H groups in total. The number of rotatable bonds is 9. The van der Waals surface area contributed by atoms with Gasteiger partial charge in [-0.2, -0.15) is 0 Å². The van der Waals surface area contributed by atoms with Crippen molar-refractivity contribution in [2.45, 2.75) is 26.7 Å². The zero-order valence-corrected chi connectivity index (χ0v) is 18.0. The van der Waals surface area contributed by atoms with E-state index in [1.165, 1.54) is 6.33 Å². The maximum absolute atomic E-state index is 12.4. The number of carbonyl (C=O) groups excluding carboxylic acids is 1. The highest BCUT2D eigenvalue weighted by atomic mass is 35.5. The molecule has 0 atom stereocenters. The number of hydrogen-bond donors (Lipinski definition) is 3. The van der Waals surface area contributed by atoms with Gasteiger partial charge < -0.3 is 16.4 Å². The highest BCUT2D eigenvalue weighted by molar-refractivity contribution is 6.34. The van der Waals surface area contributed by atoms with Crippen molar-refractivity contribution in [3.8, 4) is 0 Å². The van der Waals surface area contributed by atoms with Crippen LogP contribution in [0, 0.1) is 0 Å². The van der Waals surface area contributed by atoms with E-state index in [1.807, 2.05) is 18.2 Å². The number of hydrogen-bond acceptors (Lipinski definition) is 6. The van der Waals surface area contributed by atoms with Crippen molar-refractivity contribution in [1.29, 1.82) is 0 Å². The second kappa shape index (κ2) is 10.2. The maximum Gasteiger partial charge on any atom is 0.238 e. The molecular formula is C22H27ClN6O. The first-order chi connectivity index (χ1) is 14.5. The Morgan fingerprint density at radius 3 is 2.57 bits per heavy atom. The summed E-state index contributed by atoms with van der Waals surface area (Å²) in [6.45, 7) is 6.37. The van der Waals surface area contributed by atoms with Gasteiger partial charge in [-0.15, -0.1) is 0 Å². The molecule has 0 aliphatic heterocycles. The van der Waals surface area contributed by atoms with Crippen molar-refractivity contribution >= 4 is 51.3 Å². The highest BCUT2D eigenvalue weighted by Crippen LogP contribution is 2.29. The molecule has 0 saturated carbocycles. The second-order valence-corrected chi connectivity index (χ2v) is 7.55. The van der Waals surface area contributed by atoms with Gasteiger partial charge in [0.25, 0.3) is 0 Å². The number of nitrogens with zero attached hydrogens (tertiary/aromatic N) is 3. The number of nitrogens with two attached hydrogens (primary N) is 1. The minimum Gasteiger partial charge on any atom is -0.399 e. The van der Waals surface area contributed by atoms with Crippen molar-refractivity contribution in [2.75, 3.05) is 36.0 Å². The number of nitrogen functional groups attached to an aromatic ring is 1. The average Bonchev–Trinajstić information content (AvgIpc) is 2.71. The third-order valence-electron chi connectivity index (χ3n) is 4.61. The third kappa shape index (κ3) is 5.58. The lowest BCUT2D eigenvalue weighted by atomic mass is 10.2. The molecule has 0 aliphatic carbocycles. The Morgan fingerprint density at radius 2 is 1.87 bits per heavy atom. The van der Waals surface area contributed by atoms with Crippen LogP contribution in [0.3, 0.4) is 0 Å². The van der Waals surface area contributed by atoms with Gasteiger partial charge in [-0.25, -0.2) is 9.97 Å². The van der Waals surface area contributed by atoms with Crippen LogP contribution in [-0.2, 0) is 4.79 Å². The zero-order chi connectivity index (χ0) is 21.5. The largest absolute Gasteiger partial charge is 0.399 e. The molecule has 1 aromatic heterocycles. The molecule has 2 aromatic carbocycles. The van der Waals surface area contributed by atoms with Crippen molar-refractivity contribution in [3.05, 3.63) is 47.7 Å². The van der Waals surface area contributed by atoms with Crippen LogP contribution in [-0.4, -0.2) is 40.4 Å². The van der Waals surface area contributed by atoms with Crippen LogP contribution >= 0.6 is 11.6 Å². The molecule has 30 heavy (non-hydrogen) atoms. The van der Waals surface area contributed by atoms with E-state index in [-0.39, 0.29) is 5.91 Å². The molecule has 158 valence electrons. The standard InChI is InChI=1S/C22H27ClN6O/c1-3-9-29(10-4-2)13-21(30)28-20-8-6-16(12-18(20)23)27-22-17-11-15(24)5-7-19(17)25-14-26-22/h5-8,11-12,14H,3-4,9-10,13,24H2,1-2H3,(H,28,30)(H,25,26,27). The van der Waals surface area contributed by atoms with Crippen LogP contribution in [0.5, 0.6) is 0 Å². The van der Waals surface area contributed by atoms with E-state index >= 15 is 0 Å². The van der Waals surface area contributed by atoms with Gasteiger partial charge in [-0.3, -0.25) is 9.69 Å². The first-order valence-electron chi connectivity index (χ1n) is 10.1. The molecule has 0 saturated heterocycles. The first-order valence-corrected chi connectivity index (χ1v) is 10.5. The molecule has 0 aliphatic rings. The lowest BCUT2D eigenvalue weighted by molar-refractivity contribution is -0.117. The number of fused-ring (bicyclic) bond motifs is 1. The van der Waals surface area contributed by atoms with E-state index in [9.17, 15) is 4.79 Å². The summed E-state index contributed by atoms with van der Waals surface area (Å²) < 4.78 is 0. The number of carbonyl (C=O) groups is 1. The van der Waals surface area contributed by atoms with Gasteiger partial charge in [0, 0.05) is 16.8 Å². The average molecular weight is 427 g/mol. The van der Waals surface area contributed by atoms with Crippen molar-refractivity contribution in [1.82, 2.24) is 14.9 Å². The van der Waals surface area contributed by atoms with Gasteiger partial charge in [0.15, 0.2) is 0 Å². The minimum atomic E-state index is -0.0724. The summed E-state index contributed by atoms with van der Waals surface area (Å²) in [5, 5.41) is 7.42. The Labute approximate surface area is 181 Å². The van der Waals surface area contributed by atoms with Gasteiger partial charge in [0.2, 0.25) is 5.91 Å². The Balaban J connectivity index is 1.71. The second-order valence-electron chi connectivity index (χ2n) is 7.14. The van der Waals surface area contributed by atoms with Gasteiger partial charge in [0.05, 0.1) is 22.8 Å². The molecule has 1 heterocycles. The molecule has 0 fully saturated rings. The van der Waals surface area contributed by atoms with Crippen LogP contribution in [0.4, 0.5) is 22.9 Å². The van der Waals surface area contributed by atoms with Crippen LogP contribution in [0.2, 0.25) is 5.02 Å². The normalized spacial score (nSPS) is 11.1. The number of aromatic nitrogens is 2. The molecule has 0 spiro atoms. The molecule has 3 aromatic rings. The van der Waals surface area contributed by atoms with E-state index in [4.69, 9.17) is 17.3 Å². The Morgan fingerprint density at radius 1 is 1.10 bits per heavy atom. The quantitative estimate of drug-likeness (QED) is 0.430. The molecular weight excluding hydrogens is 400 g/mol. The zero-order valence-electron chi connectivity index (χ0n) is 17.3. The number of benzene rings is 2. The van der Waals surface area contributed by atoms with E-state index in [0.717, 1.165) is 42.5 Å². The van der Waals surface area contributed by atoms with Gasteiger partial charge in [-0.05, 0) is 62.3 Å². The molecule has 7 nitrogen and oxygen atoms in total. The SMILES string of the molecule is CCCN(CCC)CC(=O)Nc1ccc(Nc2ncnc3ccc(N)cc23)cc1Cl. The van der Waals surface area contributed by atoms with E-state index in [0.29, 0.717) is 28.8 Å². The summed E-state index contributed by atoms with van der Waals surface area (Å²) in [6.07, 6.45) is 3.52. The van der Waals surface area contributed by atoms with Crippen molar-refractivity contribution < 1.29 is 4.79 Å². The van der Waals surface area contributed by atoms with E-state index < -0.39 is 0 Å². The smallest absolute Gasteiger partial charge is 0.238 e. The van der Waals surface area contributed by atoms with Crippen LogP contribution in [0.25, 0.3) is 10.9 Å². The van der Waals surface area contributed by atoms with Crippen LogP contribution < -0.4 is 16.4 Å². The monoisotopic (exact) mass is 426 g/mol. The number of halogens is 1.